The van der Waals surface area contributed by atoms with E-state index in [1.54, 1.807) is 0 Å². The largest absolute Gasteiger partial charge is 0.417 e. The predicted molar refractivity (Wildman–Crippen MR) is 120 cm³/mol. The molecule has 0 saturated heterocycles. The fraction of sp³-hybridized carbons (Fsp3) is 0.905. The molecule has 0 bridgehead atoms. The maximum Gasteiger partial charge on any atom is 0.192 e. The van der Waals surface area contributed by atoms with E-state index >= 15 is 0 Å². The molecule has 0 saturated carbocycles. The first-order chi connectivity index (χ1) is 11.4. The summed E-state index contributed by atoms with van der Waals surface area (Å²) in [4.78, 5) is 0. The summed E-state index contributed by atoms with van der Waals surface area (Å²) in [6, 6.07) is 0. The van der Waals surface area contributed by atoms with Crippen LogP contribution in [0.5, 0.6) is 0 Å². The Morgan fingerprint density at radius 1 is 0.923 bits per heavy atom. The second-order valence-corrected chi connectivity index (χ2v) is 20.6. The first kappa shape index (κ1) is 26.1. The molecule has 156 valence electrons. The molecule has 1 N–H and O–H groups in total. The van der Waals surface area contributed by atoms with Crippen LogP contribution in [0.15, 0.2) is 12.7 Å². The monoisotopic (exact) mass is 402 g/mol. The molecular formula is C21H46O3Si2. The number of aliphatic hydroxyl groups excluding tert-OH is 1. The van der Waals surface area contributed by atoms with Crippen LogP contribution in [0.3, 0.4) is 0 Å². The van der Waals surface area contributed by atoms with Crippen molar-refractivity contribution in [2.24, 2.45) is 5.41 Å². The Kier molecular flexibility index (Phi) is 9.05. The van der Waals surface area contributed by atoms with Crippen molar-refractivity contribution in [3.05, 3.63) is 12.7 Å². The van der Waals surface area contributed by atoms with Gasteiger partial charge in [-0.2, -0.15) is 0 Å². The van der Waals surface area contributed by atoms with Gasteiger partial charge in [-0.25, -0.2) is 0 Å². The van der Waals surface area contributed by atoms with Crippen LogP contribution in [0.4, 0.5) is 0 Å². The zero-order chi connectivity index (χ0) is 21.0. The second kappa shape index (κ2) is 9.04. The highest BCUT2D eigenvalue weighted by molar-refractivity contribution is 6.74. The molecule has 0 amide bonds. The first-order valence-corrected chi connectivity index (χ1v) is 15.8. The lowest BCUT2D eigenvalue weighted by atomic mass is 9.80. The van der Waals surface area contributed by atoms with Crippen molar-refractivity contribution >= 4 is 16.6 Å². The Labute approximate surface area is 165 Å². The van der Waals surface area contributed by atoms with Crippen LogP contribution in [0, 0.1) is 5.41 Å². The van der Waals surface area contributed by atoms with E-state index in [9.17, 15) is 5.11 Å². The van der Waals surface area contributed by atoms with Gasteiger partial charge in [-0.05, 0) is 49.1 Å². The Balaban J connectivity index is 5.39. The average molecular weight is 403 g/mol. The third-order valence-electron chi connectivity index (χ3n) is 6.64. The molecule has 5 heteroatoms. The van der Waals surface area contributed by atoms with Gasteiger partial charge in [0, 0.05) is 12.0 Å². The van der Waals surface area contributed by atoms with E-state index in [2.05, 4.69) is 81.2 Å². The van der Waals surface area contributed by atoms with Crippen molar-refractivity contribution < 1.29 is 14.0 Å². The topological polar surface area (TPSA) is 38.7 Å². The Morgan fingerprint density at radius 2 is 1.38 bits per heavy atom. The molecule has 0 aliphatic heterocycles. The van der Waals surface area contributed by atoms with Gasteiger partial charge in [0.25, 0.3) is 0 Å². The van der Waals surface area contributed by atoms with Gasteiger partial charge in [0.1, 0.15) is 0 Å². The predicted octanol–water partition coefficient (Wildman–Crippen LogP) is 6.36. The summed E-state index contributed by atoms with van der Waals surface area (Å²) in [6.45, 7) is 29.5. The first-order valence-electron chi connectivity index (χ1n) is 9.97. The molecule has 0 aliphatic carbocycles. The number of rotatable bonds is 10. The molecule has 3 nitrogen and oxygen atoms in total. The molecule has 0 unspecified atom stereocenters. The Bertz CT molecular complexity index is 447. The molecule has 0 aliphatic rings. The standard InChI is InChI=1S/C21H46O3Si2/c1-13-15-21(8,17-22)18(24-26(11,12)20(5,6)7)14-16-23-25(9,10)19(2,3)4/h13,18,22H,1,14-17H2,2-12H3/t18-,21+/m0/s1. The van der Waals surface area contributed by atoms with Crippen molar-refractivity contribution in [3.63, 3.8) is 0 Å². The lowest BCUT2D eigenvalue weighted by Crippen LogP contribution is -2.50. The van der Waals surface area contributed by atoms with Crippen molar-refractivity contribution in [3.8, 4) is 0 Å². The molecule has 0 aromatic rings. The van der Waals surface area contributed by atoms with Gasteiger partial charge >= 0.3 is 0 Å². The molecule has 0 radical (unpaired) electrons. The summed E-state index contributed by atoms with van der Waals surface area (Å²) >= 11 is 0. The third-order valence-corrected chi connectivity index (χ3v) is 15.7. The summed E-state index contributed by atoms with van der Waals surface area (Å²) in [5.74, 6) is 0. The highest BCUT2D eigenvalue weighted by atomic mass is 28.4. The van der Waals surface area contributed by atoms with E-state index < -0.39 is 16.6 Å². The minimum atomic E-state index is -1.95. The van der Waals surface area contributed by atoms with Gasteiger partial charge in [-0.3, -0.25) is 0 Å². The van der Waals surface area contributed by atoms with Crippen LogP contribution >= 0.6 is 0 Å². The van der Waals surface area contributed by atoms with Gasteiger partial charge in [0.05, 0.1) is 12.7 Å². The number of hydrogen-bond acceptors (Lipinski definition) is 3. The fourth-order valence-electron chi connectivity index (χ4n) is 2.35. The number of aliphatic hydroxyl groups is 1. The van der Waals surface area contributed by atoms with Crippen molar-refractivity contribution in [1.29, 1.82) is 0 Å². The minimum absolute atomic E-state index is 0.0313. The van der Waals surface area contributed by atoms with Gasteiger partial charge in [-0.1, -0.05) is 54.5 Å². The van der Waals surface area contributed by atoms with Crippen LogP contribution in [-0.4, -0.2) is 41.1 Å². The minimum Gasteiger partial charge on any atom is -0.417 e. The molecule has 26 heavy (non-hydrogen) atoms. The van der Waals surface area contributed by atoms with Crippen molar-refractivity contribution in [2.45, 2.75) is 104 Å². The maximum atomic E-state index is 10.1. The number of hydrogen-bond donors (Lipinski definition) is 1. The average Bonchev–Trinajstić information content (AvgIpc) is 2.43. The molecular weight excluding hydrogens is 356 g/mol. The molecule has 2 atom stereocenters. The molecule has 0 rings (SSSR count). The third kappa shape index (κ3) is 6.90. The van der Waals surface area contributed by atoms with Crippen LogP contribution in [0.1, 0.15) is 61.3 Å². The molecule has 0 aromatic carbocycles. The van der Waals surface area contributed by atoms with E-state index in [-0.39, 0.29) is 28.2 Å². The maximum absolute atomic E-state index is 10.1. The SMILES string of the molecule is C=CC[C@](C)(CO)[C@H](CCO[Si](C)(C)C(C)(C)C)O[Si](C)(C)C(C)(C)C. The summed E-state index contributed by atoms with van der Waals surface area (Å²) in [7, 11) is -3.73. The van der Waals surface area contributed by atoms with Crippen LogP contribution < -0.4 is 0 Å². The van der Waals surface area contributed by atoms with E-state index in [0.717, 1.165) is 12.8 Å². The molecule has 0 spiro atoms. The summed E-state index contributed by atoms with van der Waals surface area (Å²) in [5, 5.41) is 10.5. The van der Waals surface area contributed by atoms with Crippen LogP contribution in [-0.2, 0) is 8.85 Å². The van der Waals surface area contributed by atoms with E-state index in [1.165, 1.54) is 0 Å². The van der Waals surface area contributed by atoms with Crippen LogP contribution in [0.25, 0.3) is 0 Å². The van der Waals surface area contributed by atoms with E-state index in [4.69, 9.17) is 8.85 Å². The highest BCUT2D eigenvalue weighted by Gasteiger charge is 2.44. The zero-order valence-corrected chi connectivity index (χ0v) is 21.5. The fourth-order valence-corrected chi connectivity index (χ4v) is 4.88. The normalized spacial score (nSPS) is 17.7. The summed E-state index contributed by atoms with van der Waals surface area (Å²) in [5.41, 5.74) is -0.325. The van der Waals surface area contributed by atoms with Crippen LogP contribution in [0.2, 0.25) is 36.3 Å². The number of allylic oxidation sites excluding steroid dienone is 1. The Hall–Kier alpha value is 0.0538. The summed E-state index contributed by atoms with van der Waals surface area (Å²) < 4.78 is 13.2. The van der Waals surface area contributed by atoms with Gasteiger partial charge in [0.15, 0.2) is 16.6 Å². The van der Waals surface area contributed by atoms with E-state index in [1.807, 2.05) is 6.08 Å². The lowest BCUT2D eigenvalue weighted by molar-refractivity contribution is -0.00710. The van der Waals surface area contributed by atoms with Gasteiger partial charge < -0.3 is 14.0 Å². The summed E-state index contributed by atoms with van der Waals surface area (Å²) in [6.07, 6.45) is 3.41. The van der Waals surface area contributed by atoms with Crippen molar-refractivity contribution in [2.75, 3.05) is 13.2 Å². The zero-order valence-electron chi connectivity index (χ0n) is 19.5. The lowest BCUT2D eigenvalue weighted by Gasteiger charge is -2.45. The second-order valence-electron chi connectivity index (χ2n) is 11.1. The van der Waals surface area contributed by atoms with Crippen molar-refractivity contribution in [1.82, 2.24) is 0 Å². The Morgan fingerprint density at radius 3 is 1.73 bits per heavy atom. The smallest absolute Gasteiger partial charge is 0.192 e. The van der Waals surface area contributed by atoms with Gasteiger partial charge in [0.2, 0.25) is 0 Å². The highest BCUT2D eigenvalue weighted by Crippen LogP contribution is 2.42. The molecule has 0 fully saturated rings. The molecule has 0 heterocycles. The van der Waals surface area contributed by atoms with E-state index in [0.29, 0.717) is 6.61 Å². The molecule has 0 aromatic heterocycles. The van der Waals surface area contributed by atoms with Gasteiger partial charge in [-0.15, -0.1) is 6.58 Å². The quantitative estimate of drug-likeness (QED) is 0.341.